The van der Waals surface area contributed by atoms with Crippen LogP contribution in [0.4, 0.5) is 0 Å². The van der Waals surface area contributed by atoms with Crippen LogP contribution < -0.4 is 5.32 Å². The molecule has 0 aliphatic rings. The summed E-state index contributed by atoms with van der Waals surface area (Å²) in [7, 11) is 0. The number of nitrogens with zero attached hydrogens (tertiary/aromatic N) is 1. The standard InChI is InChI=1S/C17H19N3O/c1-12-5-2-3-8-15(12)16(21)11-18-9-13-6-4-7-14-10-19-20-17(13)14/h2-8,10,16,18,21H,9,11H2,1H3,(H,19,20). The lowest BCUT2D eigenvalue weighted by molar-refractivity contribution is 0.173. The first-order valence-corrected chi connectivity index (χ1v) is 7.11. The molecule has 4 heteroatoms. The molecule has 3 N–H and O–H groups in total. The number of fused-ring (bicyclic) bond motifs is 1. The van der Waals surface area contributed by atoms with E-state index >= 15 is 0 Å². The molecule has 0 saturated carbocycles. The van der Waals surface area contributed by atoms with Crippen molar-refractivity contribution >= 4 is 10.9 Å². The van der Waals surface area contributed by atoms with Gasteiger partial charge in [-0.25, -0.2) is 0 Å². The predicted octanol–water partition coefficient (Wildman–Crippen LogP) is 2.69. The Balaban J connectivity index is 1.64. The lowest BCUT2D eigenvalue weighted by Gasteiger charge is -2.14. The van der Waals surface area contributed by atoms with Gasteiger partial charge in [0.2, 0.25) is 0 Å². The molecule has 2 aromatic carbocycles. The molecule has 1 heterocycles. The van der Waals surface area contributed by atoms with E-state index in [0.29, 0.717) is 13.1 Å². The van der Waals surface area contributed by atoms with Gasteiger partial charge >= 0.3 is 0 Å². The van der Waals surface area contributed by atoms with Gasteiger partial charge in [-0.3, -0.25) is 5.10 Å². The van der Waals surface area contributed by atoms with Gasteiger partial charge in [-0.05, 0) is 23.6 Å². The highest BCUT2D eigenvalue weighted by Crippen LogP contribution is 2.18. The van der Waals surface area contributed by atoms with Crippen LogP contribution in [-0.4, -0.2) is 21.8 Å². The third kappa shape index (κ3) is 2.96. The van der Waals surface area contributed by atoms with E-state index in [1.807, 2.05) is 49.5 Å². The van der Waals surface area contributed by atoms with Crippen LogP contribution in [0.2, 0.25) is 0 Å². The number of benzene rings is 2. The molecule has 21 heavy (non-hydrogen) atoms. The van der Waals surface area contributed by atoms with Crippen LogP contribution in [0.5, 0.6) is 0 Å². The third-order valence-electron chi connectivity index (χ3n) is 3.76. The number of rotatable bonds is 5. The van der Waals surface area contributed by atoms with E-state index in [1.165, 1.54) is 0 Å². The fourth-order valence-corrected chi connectivity index (χ4v) is 2.59. The molecule has 0 spiro atoms. The zero-order valence-electron chi connectivity index (χ0n) is 12.0. The van der Waals surface area contributed by atoms with Crippen LogP contribution >= 0.6 is 0 Å². The first kappa shape index (κ1) is 13.8. The lowest BCUT2D eigenvalue weighted by Crippen LogP contribution is -2.21. The van der Waals surface area contributed by atoms with Gasteiger partial charge in [-0.2, -0.15) is 5.10 Å². The smallest absolute Gasteiger partial charge is 0.0917 e. The van der Waals surface area contributed by atoms with Gasteiger partial charge in [0.1, 0.15) is 0 Å². The Bertz CT molecular complexity index is 735. The minimum atomic E-state index is -0.493. The van der Waals surface area contributed by atoms with Crippen molar-refractivity contribution in [2.45, 2.75) is 19.6 Å². The molecular weight excluding hydrogens is 262 g/mol. The lowest BCUT2D eigenvalue weighted by atomic mass is 10.0. The van der Waals surface area contributed by atoms with Gasteiger partial charge in [0.25, 0.3) is 0 Å². The van der Waals surface area contributed by atoms with E-state index in [-0.39, 0.29) is 0 Å². The van der Waals surface area contributed by atoms with Crippen LogP contribution in [0.3, 0.4) is 0 Å². The minimum absolute atomic E-state index is 0.493. The highest BCUT2D eigenvalue weighted by molar-refractivity contribution is 5.81. The zero-order valence-corrected chi connectivity index (χ0v) is 12.0. The predicted molar refractivity (Wildman–Crippen MR) is 83.9 cm³/mol. The van der Waals surface area contributed by atoms with E-state index in [9.17, 15) is 5.11 Å². The molecule has 0 aliphatic heterocycles. The maximum Gasteiger partial charge on any atom is 0.0917 e. The van der Waals surface area contributed by atoms with Gasteiger partial charge in [0.15, 0.2) is 0 Å². The summed E-state index contributed by atoms with van der Waals surface area (Å²) in [5.41, 5.74) is 4.30. The first-order valence-electron chi connectivity index (χ1n) is 7.11. The van der Waals surface area contributed by atoms with Crippen molar-refractivity contribution < 1.29 is 5.11 Å². The molecule has 0 amide bonds. The maximum absolute atomic E-state index is 10.3. The summed E-state index contributed by atoms with van der Waals surface area (Å²) in [6, 6.07) is 14.0. The summed E-state index contributed by atoms with van der Waals surface area (Å²) in [6.07, 6.45) is 1.33. The number of aromatic amines is 1. The average molecular weight is 281 g/mol. The van der Waals surface area contributed by atoms with Gasteiger partial charge in [-0.15, -0.1) is 0 Å². The van der Waals surface area contributed by atoms with Crippen molar-refractivity contribution in [2.24, 2.45) is 0 Å². The number of aromatic nitrogens is 2. The summed E-state index contributed by atoms with van der Waals surface area (Å²) in [5, 5.41) is 21.8. The highest BCUT2D eigenvalue weighted by Gasteiger charge is 2.09. The summed E-state index contributed by atoms with van der Waals surface area (Å²) in [6.45, 7) is 3.24. The number of hydrogen-bond acceptors (Lipinski definition) is 3. The minimum Gasteiger partial charge on any atom is -0.387 e. The van der Waals surface area contributed by atoms with Gasteiger partial charge in [-0.1, -0.05) is 42.5 Å². The van der Waals surface area contributed by atoms with E-state index in [2.05, 4.69) is 21.6 Å². The number of aliphatic hydroxyl groups excluding tert-OH is 1. The van der Waals surface area contributed by atoms with Crippen LogP contribution in [0.1, 0.15) is 22.8 Å². The maximum atomic E-state index is 10.3. The van der Waals surface area contributed by atoms with Crippen LogP contribution in [-0.2, 0) is 6.54 Å². The fraction of sp³-hybridized carbons (Fsp3) is 0.235. The van der Waals surface area contributed by atoms with Gasteiger partial charge in [0.05, 0.1) is 17.8 Å². The molecule has 0 bridgehead atoms. The summed E-state index contributed by atoms with van der Waals surface area (Å²) in [4.78, 5) is 0. The van der Waals surface area contributed by atoms with Crippen molar-refractivity contribution in [3.05, 3.63) is 65.4 Å². The Labute approximate surface area is 123 Å². The number of nitrogens with one attached hydrogen (secondary N) is 2. The van der Waals surface area contributed by atoms with E-state index < -0.39 is 6.10 Å². The van der Waals surface area contributed by atoms with Crippen molar-refractivity contribution in [1.82, 2.24) is 15.5 Å². The van der Waals surface area contributed by atoms with E-state index in [1.54, 1.807) is 0 Å². The molecular formula is C17H19N3O. The summed E-state index contributed by atoms with van der Waals surface area (Å²) < 4.78 is 0. The Morgan fingerprint density at radius 2 is 2.05 bits per heavy atom. The topological polar surface area (TPSA) is 60.9 Å². The molecule has 3 rings (SSSR count). The van der Waals surface area contributed by atoms with Crippen LogP contribution in [0.25, 0.3) is 10.9 Å². The molecule has 1 atom stereocenters. The molecule has 4 nitrogen and oxygen atoms in total. The van der Waals surface area contributed by atoms with Crippen LogP contribution in [0.15, 0.2) is 48.7 Å². The molecule has 1 unspecified atom stereocenters. The second-order valence-corrected chi connectivity index (χ2v) is 5.25. The summed E-state index contributed by atoms with van der Waals surface area (Å²) in [5.74, 6) is 0. The Kier molecular flexibility index (Phi) is 3.99. The quantitative estimate of drug-likeness (QED) is 0.674. The van der Waals surface area contributed by atoms with Gasteiger partial charge in [0, 0.05) is 18.5 Å². The Morgan fingerprint density at radius 1 is 1.19 bits per heavy atom. The molecule has 3 aromatic rings. The molecule has 0 radical (unpaired) electrons. The third-order valence-corrected chi connectivity index (χ3v) is 3.76. The second kappa shape index (κ2) is 6.08. The van der Waals surface area contributed by atoms with E-state index in [4.69, 9.17) is 0 Å². The number of hydrogen-bond donors (Lipinski definition) is 3. The monoisotopic (exact) mass is 281 g/mol. The Hall–Kier alpha value is -2.17. The summed E-state index contributed by atoms with van der Waals surface area (Å²) >= 11 is 0. The largest absolute Gasteiger partial charge is 0.387 e. The molecule has 108 valence electrons. The van der Waals surface area contributed by atoms with Crippen molar-refractivity contribution in [2.75, 3.05) is 6.54 Å². The number of para-hydroxylation sites is 1. The Morgan fingerprint density at radius 3 is 2.90 bits per heavy atom. The first-order chi connectivity index (χ1) is 10.3. The number of aryl methyl sites for hydroxylation is 1. The highest BCUT2D eigenvalue weighted by atomic mass is 16.3. The SMILES string of the molecule is Cc1ccccc1C(O)CNCc1cccc2cn[nH]c12. The number of aliphatic hydroxyl groups is 1. The van der Waals surface area contributed by atoms with Gasteiger partial charge < -0.3 is 10.4 Å². The molecule has 0 aliphatic carbocycles. The fourth-order valence-electron chi connectivity index (χ4n) is 2.59. The normalized spacial score (nSPS) is 12.7. The van der Waals surface area contributed by atoms with Crippen molar-refractivity contribution in [3.8, 4) is 0 Å². The molecule has 1 aromatic heterocycles. The van der Waals surface area contributed by atoms with Crippen molar-refractivity contribution in [1.29, 1.82) is 0 Å². The number of H-pyrrole nitrogens is 1. The second-order valence-electron chi connectivity index (χ2n) is 5.25. The molecule has 0 saturated heterocycles. The van der Waals surface area contributed by atoms with Crippen LogP contribution in [0, 0.1) is 6.92 Å². The zero-order chi connectivity index (χ0) is 14.7. The average Bonchev–Trinajstić information content (AvgIpc) is 2.97. The van der Waals surface area contributed by atoms with E-state index in [0.717, 1.165) is 27.6 Å². The van der Waals surface area contributed by atoms with Crippen molar-refractivity contribution in [3.63, 3.8) is 0 Å². The molecule has 0 fully saturated rings.